The molecule has 0 aliphatic heterocycles. The molecule has 1 aromatic heterocycles. The third kappa shape index (κ3) is 6.61. The van der Waals surface area contributed by atoms with Crippen molar-refractivity contribution in [2.24, 2.45) is 7.05 Å². The van der Waals surface area contributed by atoms with Crippen LogP contribution in [0, 0.1) is 0 Å². The van der Waals surface area contributed by atoms with Crippen molar-refractivity contribution in [1.82, 2.24) is 20.0 Å². The Balaban J connectivity index is 1.48. The number of hydrogen-bond acceptors (Lipinski definition) is 5. The predicted molar refractivity (Wildman–Crippen MR) is 120 cm³/mol. The fourth-order valence-corrected chi connectivity index (χ4v) is 4.62. The van der Waals surface area contributed by atoms with Crippen molar-refractivity contribution in [3.05, 3.63) is 54.2 Å². The second-order valence-corrected chi connectivity index (χ2v) is 9.40. The minimum Gasteiger partial charge on any atom is -0.289 e. The Morgan fingerprint density at radius 3 is 2.48 bits per heavy atom. The van der Waals surface area contributed by atoms with Crippen LogP contribution in [0.5, 0.6) is 0 Å². The van der Waals surface area contributed by atoms with Crippen LogP contribution in [0.15, 0.2) is 48.7 Å². The highest BCUT2D eigenvalue weighted by Crippen LogP contribution is 2.24. The number of carbonyl (C=O) groups is 1. The lowest BCUT2D eigenvalue weighted by Crippen LogP contribution is -2.26. The van der Waals surface area contributed by atoms with Crippen molar-refractivity contribution in [2.45, 2.75) is 37.9 Å². The van der Waals surface area contributed by atoms with Crippen molar-refractivity contribution in [1.29, 1.82) is 0 Å². The van der Waals surface area contributed by atoms with E-state index < -0.39 is 15.9 Å². The van der Waals surface area contributed by atoms with Crippen molar-refractivity contribution >= 4 is 26.8 Å². The van der Waals surface area contributed by atoms with E-state index in [2.05, 4.69) is 15.9 Å². The van der Waals surface area contributed by atoms with Crippen LogP contribution in [0.2, 0.25) is 0 Å². The third-order valence-electron chi connectivity index (χ3n) is 5.17. The largest absolute Gasteiger partial charge is 0.289 e. The summed E-state index contributed by atoms with van der Waals surface area (Å²) in [6, 6.07) is 13.7. The van der Waals surface area contributed by atoms with Gasteiger partial charge in [0.05, 0.1) is 17.5 Å². The quantitative estimate of drug-likeness (QED) is 0.239. The summed E-state index contributed by atoms with van der Waals surface area (Å²) in [4.78, 5) is 10.9. The Bertz CT molecular complexity index is 1120. The van der Waals surface area contributed by atoms with Gasteiger partial charge >= 0.3 is 0 Å². The van der Waals surface area contributed by atoms with E-state index in [-0.39, 0.29) is 12.2 Å². The number of rotatable bonds is 11. The molecule has 3 aromatic rings. The van der Waals surface area contributed by atoms with Crippen LogP contribution in [-0.2, 0) is 27.6 Å². The van der Waals surface area contributed by atoms with Crippen molar-refractivity contribution < 1.29 is 18.4 Å². The number of unbranched alkanes of at least 4 members (excludes halogenated alkanes) is 3. The predicted octanol–water partition coefficient (Wildman–Crippen LogP) is 3.12. The zero-order chi connectivity index (χ0) is 22.3. The lowest BCUT2D eigenvalue weighted by molar-refractivity contribution is -0.129. The standard InChI is InChI=1S/C22H28N4O4S/c1-26-21-14-19(11-12-20(21)15-23-26)18-9-7-17(8-10-18)16-31(29,30)24-13-5-3-2-4-6-22(27)25-28/h7-12,14-15,24,28H,2-6,13,16H2,1H3,(H,25,27). The average Bonchev–Trinajstić information content (AvgIpc) is 3.13. The van der Waals surface area contributed by atoms with Gasteiger partial charge in [0.2, 0.25) is 15.9 Å². The summed E-state index contributed by atoms with van der Waals surface area (Å²) in [5, 5.41) is 13.8. The summed E-state index contributed by atoms with van der Waals surface area (Å²) in [5.41, 5.74) is 5.45. The maximum atomic E-state index is 12.3. The number of nitrogens with one attached hydrogen (secondary N) is 2. The number of hydrogen-bond donors (Lipinski definition) is 3. The van der Waals surface area contributed by atoms with Gasteiger partial charge in [0.15, 0.2) is 0 Å². The number of benzene rings is 2. The highest BCUT2D eigenvalue weighted by Gasteiger charge is 2.11. The van der Waals surface area contributed by atoms with E-state index in [9.17, 15) is 13.2 Å². The first-order valence-electron chi connectivity index (χ1n) is 10.3. The molecule has 0 atom stereocenters. The monoisotopic (exact) mass is 444 g/mol. The van der Waals surface area contributed by atoms with Gasteiger partial charge in [-0.05, 0) is 35.6 Å². The van der Waals surface area contributed by atoms with E-state index in [0.29, 0.717) is 19.4 Å². The first kappa shape index (κ1) is 22.9. The van der Waals surface area contributed by atoms with Gasteiger partial charge in [-0.15, -0.1) is 0 Å². The van der Waals surface area contributed by atoms with Crippen LogP contribution in [-0.4, -0.2) is 35.9 Å². The van der Waals surface area contributed by atoms with Crippen LogP contribution < -0.4 is 10.2 Å². The fraction of sp³-hybridized carbons (Fsp3) is 0.364. The van der Waals surface area contributed by atoms with Crippen LogP contribution in [0.3, 0.4) is 0 Å². The van der Waals surface area contributed by atoms with Gasteiger partial charge in [-0.3, -0.25) is 14.7 Å². The molecule has 0 aliphatic carbocycles. The molecule has 8 nitrogen and oxygen atoms in total. The Morgan fingerprint density at radius 2 is 1.74 bits per heavy atom. The number of amides is 1. The van der Waals surface area contributed by atoms with Crippen molar-refractivity contribution in [2.75, 3.05) is 6.54 Å². The molecule has 0 saturated heterocycles. The molecular formula is C22H28N4O4S. The summed E-state index contributed by atoms with van der Waals surface area (Å²) >= 11 is 0. The molecule has 2 aromatic carbocycles. The zero-order valence-corrected chi connectivity index (χ0v) is 18.4. The van der Waals surface area contributed by atoms with Gasteiger partial charge in [0.1, 0.15) is 0 Å². The lowest BCUT2D eigenvalue weighted by Gasteiger charge is -2.08. The van der Waals surface area contributed by atoms with Gasteiger partial charge in [-0.1, -0.05) is 49.2 Å². The first-order chi connectivity index (χ1) is 14.9. The molecule has 0 radical (unpaired) electrons. The molecule has 0 fully saturated rings. The molecule has 9 heteroatoms. The van der Waals surface area contributed by atoms with Gasteiger partial charge in [0.25, 0.3) is 0 Å². The molecule has 31 heavy (non-hydrogen) atoms. The number of aromatic nitrogens is 2. The van der Waals surface area contributed by atoms with E-state index in [1.54, 1.807) is 5.48 Å². The molecular weight excluding hydrogens is 416 g/mol. The first-order valence-corrected chi connectivity index (χ1v) is 11.9. The van der Waals surface area contributed by atoms with Crippen LogP contribution in [0.4, 0.5) is 0 Å². The third-order valence-corrected chi connectivity index (χ3v) is 6.53. The van der Waals surface area contributed by atoms with E-state index in [4.69, 9.17) is 5.21 Å². The minimum atomic E-state index is -3.41. The fourth-order valence-electron chi connectivity index (χ4n) is 3.44. The molecule has 3 N–H and O–H groups in total. The molecule has 3 rings (SSSR count). The van der Waals surface area contributed by atoms with E-state index in [0.717, 1.165) is 40.4 Å². The number of fused-ring (bicyclic) bond motifs is 1. The van der Waals surface area contributed by atoms with Gasteiger partial charge < -0.3 is 0 Å². The molecule has 0 spiro atoms. The SMILES string of the molecule is Cn1ncc2ccc(-c3ccc(CS(=O)(=O)NCCCCCCC(=O)NO)cc3)cc21. The number of carbonyl (C=O) groups excluding carboxylic acids is 1. The summed E-state index contributed by atoms with van der Waals surface area (Å²) in [6.07, 6.45) is 5.09. The Morgan fingerprint density at radius 1 is 1.03 bits per heavy atom. The van der Waals surface area contributed by atoms with E-state index in [1.807, 2.05) is 54.3 Å². The molecule has 0 aliphatic rings. The topological polar surface area (TPSA) is 113 Å². The number of nitrogens with zero attached hydrogens (tertiary/aromatic N) is 2. The van der Waals surface area contributed by atoms with Gasteiger partial charge in [0, 0.05) is 25.4 Å². The smallest absolute Gasteiger partial charge is 0.243 e. The van der Waals surface area contributed by atoms with Crippen LogP contribution in [0.1, 0.15) is 37.7 Å². The molecule has 0 saturated carbocycles. The molecule has 0 bridgehead atoms. The van der Waals surface area contributed by atoms with Crippen molar-refractivity contribution in [3.63, 3.8) is 0 Å². The molecule has 0 unspecified atom stereocenters. The molecule has 1 amide bonds. The summed E-state index contributed by atoms with van der Waals surface area (Å²) < 4.78 is 29.1. The number of hydroxylamine groups is 1. The van der Waals surface area contributed by atoms with Crippen molar-refractivity contribution in [3.8, 4) is 11.1 Å². The normalized spacial score (nSPS) is 11.7. The number of aryl methyl sites for hydroxylation is 1. The van der Waals surface area contributed by atoms with Crippen LogP contribution >= 0.6 is 0 Å². The maximum Gasteiger partial charge on any atom is 0.243 e. The summed E-state index contributed by atoms with van der Waals surface area (Å²) in [6.45, 7) is 0.372. The highest BCUT2D eigenvalue weighted by molar-refractivity contribution is 7.88. The van der Waals surface area contributed by atoms with Gasteiger partial charge in [-0.25, -0.2) is 18.6 Å². The summed E-state index contributed by atoms with van der Waals surface area (Å²) in [5.74, 6) is -0.464. The second-order valence-electron chi connectivity index (χ2n) is 7.59. The molecule has 166 valence electrons. The minimum absolute atomic E-state index is 0.0648. The average molecular weight is 445 g/mol. The maximum absolute atomic E-state index is 12.3. The number of sulfonamides is 1. The second kappa shape index (κ2) is 10.5. The Kier molecular flexibility index (Phi) is 7.78. The van der Waals surface area contributed by atoms with Crippen LogP contribution in [0.25, 0.3) is 22.0 Å². The van der Waals surface area contributed by atoms with E-state index >= 15 is 0 Å². The lowest BCUT2D eigenvalue weighted by atomic mass is 10.0. The Labute approximate surface area is 182 Å². The molecule has 1 heterocycles. The Hall–Kier alpha value is -2.75. The summed E-state index contributed by atoms with van der Waals surface area (Å²) in [7, 11) is -1.50. The van der Waals surface area contributed by atoms with Gasteiger partial charge in [-0.2, -0.15) is 5.10 Å². The highest BCUT2D eigenvalue weighted by atomic mass is 32.2. The van der Waals surface area contributed by atoms with E-state index in [1.165, 1.54) is 0 Å². The zero-order valence-electron chi connectivity index (χ0n) is 17.5.